The maximum absolute atomic E-state index is 12.0. The summed E-state index contributed by atoms with van der Waals surface area (Å²) in [5.41, 5.74) is -1.20. The Hall–Kier alpha value is -2.76. The lowest BCUT2D eigenvalue weighted by molar-refractivity contribution is -0.158. The zero-order valence-corrected chi connectivity index (χ0v) is 17.3. The van der Waals surface area contributed by atoms with Crippen LogP contribution in [0.1, 0.15) is 41.5 Å². The minimum Gasteiger partial charge on any atom is -0.478 e. The van der Waals surface area contributed by atoms with E-state index >= 15 is 0 Å². The van der Waals surface area contributed by atoms with E-state index in [1.165, 1.54) is 0 Å². The molecule has 0 N–H and O–H groups in total. The molecule has 0 aliphatic heterocycles. The molecule has 0 atom stereocenters. The predicted octanol–water partition coefficient (Wildman–Crippen LogP) is 4.28. The Balaban J connectivity index is 2.19. The Morgan fingerprint density at radius 3 is 1.86 bits per heavy atom. The Morgan fingerprint density at radius 2 is 1.29 bits per heavy atom. The van der Waals surface area contributed by atoms with Gasteiger partial charge in [-0.3, -0.25) is 0 Å². The summed E-state index contributed by atoms with van der Waals surface area (Å²) in [6.45, 7) is 10.2. The third kappa shape index (κ3) is 6.76. The molecule has 6 heteroatoms. The fourth-order valence-electron chi connectivity index (χ4n) is 2.50. The van der Waals surface area contributed by atoms with E-state index in [1.54, 1.807) is 47.6 Å². The standard InChI is InChI=1S/C22H28O6/c1-21(2,3)27-18(23)13-25-17-12-11-15-9-7-8-10-16(15)20(17)26-14-19(24)28-22(4,5)6/h7-12H,13-14H2,1-6H3. The monoisotopic (exact) mass is 388 g/mol. The molecule has 0 saturated carbocycles. The van der Waals surface area contributed by atoms with Gasteiger partial charge in [-0.25, -0.2) is 9.59 Å². The molecule has 0 bridgehead atoms. The van der Waals surface area contributed by atoms with Crippen LogP contribution in [-0.4, -0.2) is 36.4 Å². The van der Waals surface area contributed by atoms with Gasteiger partial charge in [0.2, 0.25) is 0 Å². The molecular weight excluding hydrogens is 360 g/mol. The first-order chi connectivity index (χ1) is 12.9. The molecular formula is C22H28O6. The highest BCUT2D eigenvalue weighted by molar-refractivity contribution is 5.91. The number of benzene rings is 2. The molecule has 0 radical (unpaired) electrons. The molecule has 0 aliphatic carbocycles. The minimum atomic E-state index is -0.602. The summed E-state index contributed by atoms with van der Waals surface area (Å²) in [6.07, 6.45) is 0. The molecule has 6 nitrogen and oxygen atoms in total. The van der Waals surface area contributed by atoms with Crippen LogP contribution >= 0.6 is 0 Å². The van der Waals surface area contributed by atoms with E-state index in [0.717, 1.165) is 10.8 Å². The van der Waals surface area contributed by atoms with Crippen molar-refractivity contribution in [3.05, 3.63) is 36.4 Å². The second-order valence-corrected chi connectivity index (χ2v) is 8.36. The maximum Gasteiger partial charge on any atom is 0.344 e. The molecule has 28 heavy (non-hydrogen) atoms. The van der Waals surface area contributed by atoms with Crippen LogP contribution in [-0.2, 0) is 19.1 Å². The molecule has 2 aromatic carbocycles. The van der Waals surface area contributed by atoms with Gasteiger partial charge in [-0.2, -0.15) is 0 Å². The fourth-order valence-corrected chi connectivity index (χ4v) is 2.50. The first-order valence-corrected chi connectivity index (χ1v) is 9.16. The van der Waals surface area contributed by atoms with Gasteiger partial charge in [0.25, 0.3) is 0 Å². The maximum atomic E-state index is 12.0. The Labute approximate surface area is 165 Å². The van der Waals surface area contributed by atoms with Crippen LogP contribution in [0, 0.1) is 0 Å². The van der Waals surface area contributed by atoms with Crippen molar-refractivity contribution in [2.75, 3.05) is 13.2 Å². The number of carbonyl (C=O) groups excluding carboxylic acids is 2. The highest BCUT2D eigenvalue weighted by atomic mass is 16.6. The molecule has 152 valence electrons. The molecule has 0 heterocycles. The van der Waals surface area contributed by atoms with Gasteiger partial charge in [0, 0.05) is 5.39 Å². The van der Waals surface area contributed by atoms with Crippen LogP contribution in [0.3, 0.4) is 0 Å². The van der Waals surface area contributed by atoms with E-state index in [0.29, 0.717) is 11.5 Å². The van der Waals surface area contributed by atoms with E-state index in [9.17, 15) is 9.59 Å². The van der Waals surface area contributed by atoms with E-state index in [-0.39, 0.29) is 13.2 Å². The van der Waals surface area contributed by atoms with Gasteiger partial charge in [0.05, 0.1) is 0 Å². The summed E-state index contributed by atoms with van der Waals surface area (Å²) >= 11 is 0. The van der Waals surface area contributed by atoms with Crippen LogP contribution < -0.4 is 9.47 Å². The van der Waals surface area contributed by atoms with Gasteiger partial charge < -0.3 is 18.9 Å². The number of hydrogen-bond donors (Lipinski definition) is 0. The van der Waals surface area contributed by atoms with Crippen molar-refractivity contribution in [1.29, 1.82) is 0 Å². The van der Waals surface area contributed by atoms with Crippen molar-refractivity contribution in [2.24, 2.45) is 0 Å². The van der Waals surface area contributed by atoms with Crippen molar-refractivity contribution in [3.63, 3.8) is 0 Å². The van der Waals surface area contributed by atoms with Gasteiger partial charge in [0.1, 0.15) is 11.2 Å². The molecule has 2 aromatic rings. The molecule has 0 aliphatic rings. The molecule has 2 rings (SSSR count). The molecule has 0 saturated heterocycles. The highest BCUT2D eigenvalue weighted by Gasteiger charge is 2.20. The lowest BCUT2D eigenvalue weighted by Crippen LogP contribution is -2.28. The zero-order valence-electron chi connectivity index (χ0n) is 17.3. The van der Waals surface area contributed by atoms with E-state index in [4.69, 9.17) is 18.9 Å². The van der Waals surface area contributed by atoms with Crippen molar-refractivity contribution in [2.45, 2.75) is 52.7 Å². The van der Waals surface area contributed by atoms with Crippen LogP contribution in [0.4, 0.5) is 0 Å². The van der Waals surface area contributed by atoms with Gasteiger partial charge in [-0.15, -0.1) is 0 Å². The minimum absolute atomic E-state index is 0.265. The highest BCUT2D eigenvalue weighted by Crippen LogP contribution is 2.36. The van der Waals surface area contributed by atoms with Gasteiger partial charge in [-0.05, 0) is 53.0 Å². The third-order valence-electron chi connectivity index (χ3n) is 3.36. The van der Waals surface area contributed by atoms with Crippen LogP contribution in [0.15, 0.2) is 36.4 Å². The number of fused-ring (bicyclic) bond motifs is 1. The van der Waals surface area contributed by atoms with Crippen LogP contribution in [0.2, 0.25) is 0 Å². The largest absolute Gasteiger partial charge is 0.478 e. The Morgan fingerprint density at radius 1 is 0.750 bits per heavy atom. The average Bonchev–Trinajstić information content (AvgIpc) is 2.55. The summed E-state index contributed by atoms with van der Waals surface area (Å²) < 4.78 is 21.9. The van der Waals surface area contributed by atoms with Gasteiger partial charge in [0.15, 0.2) is 24.7 Å². The second-order valence-electron chi connectivity index (χ2n) is 8.36. The number of esters is 2. The van der Waals surface area contributed by atoms with E-state index in [2.05, 4.69) is 0 Å². The number of rotatable bonds is 6. The van der Waals surface area contributed by atoms with E-state index < -0.39 is 23.1 Å². The Bertz CT molecular complexity index is 842. The first kappa shape index (κ1) is 21.5. The second kappa shape index (κ2) is 8.50. The normalized spacial score (nSPS) is 11.8. The lowest BCUT2D eigenvalue weighted by atomic mass is 10.1. The average molecular weight is 388 g/mol. The number of ether oxygens (including phenoxy) is 4. The summed E-state index contributed by atoms with van der Waals surface area (Å²) in [7, 11) is 0. The smallest absolute Gasteiger partial charge is 0.344 e. The van der Waals surface area contributed by atoms with Crippen LogP contribution in [0.25, 0.3) is 10.8 Å². The zero-order chi connectivity index (χ0) is 20.9. The quantitative estimate of drug-likeness (QED) is 0.688. The first-order valence-electron chi connectivity index (χ1n) is 9.16. The summed E-state index contributed by atoms with van der Waals surface area (Å²) in [5, 5.41) is 1.69. The van der Waals surface area contributed by atoms with Crippen molar-refractivity contribution in [3.8, 4) is 11.5 Å². The predicted molar refractivity (Wildman–Crippen MR) is 107 cm³/mol. The summed E-state index contributed by atoms with van der Waals surface area (Å²) in [4.78, 5) is 24.0. The molecule has 0 spiro atoms. The summed E-state index contributed by atoms with van der Waals surface area (Å²) in [6, 6.07) is 11.1. The van der Waals surface area contributed by atoms with Gasteiger partial charge in [-0.1, -0.05) is 30.3 Å². The van der Waals surface area contributed by atoms with Crippen molar-refractivity contribution >= 4 is 22.7 Å². The van der Waals surface area contributed by atoms with Crippen LogP contribution in [0.5, 0.6) is 11.5 Å². The topological polar surface area (TPSA) is 71.1 Å². The molecule has 0 fully saturated rings. The molecule has 0 unspecified atom stereocenters. The fraction of sp³-hybridized carbons (Fsp3) is 0.455. The van der Waals surface area contributed by atoms with E-state index in [1.807, 2.05) is 30.3 Å². The Kier molecular flexibility index (Phi) is 6.54. The van der Waals surface area contributed by atoms with Gasteiger partial charge >= 0.3 is 11.9 Å². The number of carbonyl (C=O) groups is 2. The van der Waals surface area contributed by atoms with Crippen molar-refractivity contribution in [1.82, 2.24) is 0 Å². The molecule has 0 aromatic heterocycles. The SMILES string of the molecule is CC(C)(C)OC(=O)COc1ccc2ccccc2c1OCC(=O)OC(C)(C)C. The summed E-state index contributed by atoms with van der Waals surface area (Å²) in [5.74, 6) is -0.238. The number of hydrogen-bond acceptors (Lipinski definition) is 6. The molecule has 0 amide bonds. The lowest BCUT2D eigenvalue weighted by Gasteiger charge is -2.21. The third-order valence-corrected chi connectivity index (χ3v) is 3.36. The van der Waals surface area contributed by atoms with Crippen molar-refractivity contribution < 1.29 is 28.5 Å².